The number of nitrogens with one attached hydrogen (secondary N) is 1. The van der Waals surface area contributed by atoms with Crippen molar-refractivity contribution in [1.82, 2.24) is 5.32 Å². The summed E-state index contributed by atoms with van der Waals surface area (Å²) < 4.78 is 0. The molecule has 27 heavy (non-hydrogen) atoms. The monoisotopic (exact) mass is 359 g/mol. The van der Waals surface area contributed by atoms with E-state index in [9.17, 15) is 4.79 Å². The van der Waals surface area contributed by atoms with E-state index in [4.69, 9.17) is 0 Å². The van der Waals surface area contributed by atoms with Crippen LogP contribution < -0.4 is 5.32 Å². The average Bonchev–Trinajstić information content (AvgIpc) is 2.68. The first-order valence-corrected chi connectivity index (χ1v) is 10.6. The molecule has 0 heterocycles. The highest BCUT2D eigenvalue weighted by molar-refractivity contribution is 5.94. The Bertz CT molecular complexity index is 788. The summed E-state index contributed by atoms with van der Waals surface area (Å²) in [7, 11) is 0. The van der Waals surface area contributed by atoms with Crippen LogP contribution in [0.4, 0.5) is 0 Å². The maximum Gasteiger partial charge on any atom is 0.251 e. The van der Waals surface area contributed by atoms with Gasteiger partial charge in [-0.25, -0.2) is 0 Å². The van der Waals surface area contributed by atoms with Crippen LogP contribution in [0.2, 0.25) is 0 Å². The molecule has 2 aromatic rings. The van der Waals surface area contributed by atoms with Crippen molar-refractivity contribution in [2.75, 3.05) is 0 Å². The van der Waals surface area contributed by atoms with Crippen molar-refractivity contribution >= 4 is 5.91 Å². The van der Waals surface area contributed by atoms with Crippen LogP contribution in [0, 0.1) is 23.2 Å². The number of hydrogen-bond donors (Lipinski definition) is 1. The predicted octanol–water partition coefficient (Wildman–Crippen LogP) is 5.69. The molecule has 4 aliphatic carbocycles. The summed E-state index contributed by atoms with van der Waals surface area (Å²) >= 11 is 0. The summed E-state index contributed by atoms with van der Waals surface area (Å²) in [6.07, 6.45) is 8.32. The summed E-state index contributed by atoms with van der Waals surface area (Å²) in [6, 6.07) is 18.6. The Morgan fingerprint density at radius 1 is 0.852 bits per heavy atom. The Morgan fingerprint density at radius 2 is 1.37 bits per heavy atom. The third-order valence-electron chi connectivity index (χ3n) is 7.61. The highest BCUT2D eigenvalue weighted by atomic mass is 16.1. The molecular formula is C25H29NO. The lowest BCUT2D eigenvalue weighted by Crippen LogP contribution is -2.55. The van der Waals surface area contributed by atoms with Gasteiger partial charge in [0.2, 0.25) is 0 Å². The molecule has 4 bridgehead atoms. The van der Waals surface area contributed by atoms with E-state index in [1.807, 2.05) is 30.3 Å². The summed E-state index contributed by atoms with van der Waals surface area (Å²) in [5, 5.41) is 3.37. The highest BCUT2D eigenvalue weighted by Crippen LogP contribution is 2.61. The van der Waals surface area contributed by atoms with E-state index in [0.717, 1.165) is 28.9 Å². The van der Waals surface area contributed by atoms with Gasteiger partial charge in [0.15, 0.2) is 0 Å². The lowest BCUT2D eigenvalue weighted by atomic mass is 9.48. The van der Waals surface area contributed by atoms with Gasteiger partial charge in [-0.2, -0.15) is 0 Å². The van der Waals surface area contributed by atoms with E-state index in [0.29, 0.717) is 5.41 Å². The number of benzene rings is 2. The van der Waals surface area contributed by atoms with Crippen molar-refractivity contribution in [3.05, 3.63) is 60.2 Å². The van der Waals surface area contributed by atoms with Gasteiger partial charge in [-0.05, 0) is 91.9 Å². The van der Waals surface area contributed by atoms with Gasteiger partial charge in [0.1, 0.15) is 0 Å². The zero-order valence-corrected chi connectivity index (χ0v) is 16.2. The molecule has 0 saturated heterocycles. The fourth-order valence-electron chi connectivity index (χ4n) is 6.59. The number of rotatable bonds is 4. The minimum Gasteiger partial charge on any atom is -0.349 e. The number of hydrogen-bond acceptors (Lipinski definition) is 1. The second-order valence-corrected chi connectivity index (χ2v) is 9.42. The summed E-state index contributed by atoms with van der Waals surface area (Å²) in [4.78, 5) is 12.9. The normalized spacial score (nSPS) is 32.3. The third kappa shape index (κ3) is 3.09. The minimum absolute atomic E-state index is 0.0813. The fraction of sp³-hybridized carbons (Fsp3) is 0.480. The van der Waals surface area contributed by atoms with Crippen molar-refractivity contribution in [1.29, 1.82) is 0 Å². The lowest BCUT2D eigenvalue weighted by Gasteiger charge is -2.59. The van der Waals surface area contributed by atoms with Gasteiger partial charge < -0.3 is 5.32 Å². The maximum atomic E-state index is 12.9. The standard InChI is InChI=1S/C25H29NO/c1-17(25-14-18-11-19(15-25)13-20(12-18)16-25)26-24(27)23-9-7-22(8-10-23)21-5-3-2-4-6-21/h2-10,17-20H,11-16H2,1H3,(H,26,27). The van der Waals surface area contributed by atoms with Gasteiger partial charge in [-0.15, -0.1) is 0 Å². The van der Waals surface area contributed by atoms with Crippen LogP contribution in [0.5, 0.6) is 0 Å². The van der Waals surface area contributed by atoms with Crippen LogP contribution in [0.15, 0.2) is 54.6 Å². The van der Waals surface area contributed by atoms with E-state index < -0.39 is 0 Å². The summed E-state index contributed by atoms with van der Waals surface area (Å²) in [6.45, 7) is 2.25. The summed E-state index contributed by atoms with van der Waals surface area (Å²) in [5.74, 6) is 2.83. The molecular weight excluding hydrogens is 330 g/mol. The summed E-state index contributed by atoms with van der Waals surface area (Å²) in [5.41, 5.74) is 3.47. The first kappa shape index (κ1) is 17.0. The van der Waals surface area contributed by atoms with Crippen LogP contribution in [-0.2, 0) is 0 Å². The molecule has 4 saturated carbocycles. The number of carbonyl (C=O) groups is 1. The van der Waals surface area contributed by atoms with E-state index >= 15 is 0 Å². The largest absolute Gasteiger partial charge is 0.349 e. The molecule has 0 aromatic heterocycles. The van der Waals surface area contributed by atoms with Gasteiger partial charge in [-0.3, -0.25) is 4.79 Å². The Labute approximate surface area is 162 Å². The van der Waals surface area contributed by atoms with Gasteiger partial charge in [-0.1, -0.05) is 42.5 Å². The Kier molecular flexibility index (Phi) is 4.11. The lowest BCUT2D eigenvalue weighted by molar-refractivity contribution is -0.0688. The van der Waals surface area contributed by atoms with Crippen molar-refractivity contribution < 1.29 is 4.79 Å². The van der Waals surface area contributed by atoms with E-state index in [2.05, 4.69) is 36.5 Å². The molecule has 6 rings (SSSR count). The van der Waals surface area contributed by atoms with Gasteiger partial charge in [0.05, 0.1) is 0 Å². The number of amides is 1. The van der Waals surface area contributed by atoms with Crippen LogP contribution in [0.3, 0.4) is 0 Å². The first-order chi connectivity index (χ1) is 13.1. The molecule has 0 radical (unpaired) electrons. The van der Waals surface area contributed by atoms with Gasteiger partial charge in [0.25, 0.3) is 5.91 Å². The molecule has 2 heteroatoms. The Balaban J connectivity index is 1.29. The van der Waals surface area contributed by atoms with Crippen LogP contribution in [0.1, 0.15) is 55.8 Å². The zero-order valence-electron chi connectivity index (χ0n) is 16.2. The highest BCUT2D eigenvalue weighted by Gasteiger charge is 2.53. The predicted molar refractivity (Wildman–Crippen MR) is 109 cm³/mol. The molecule has 1 unspecified atom stereocenters. The SMILES string of the molecule is CC(NC(=O)c1ccc(-c2ccccc2)cc1)C12CC3CC(CC(C3)C1)C2. The quantitative estimate of drug-likeness (QED) is 0.746. The second kappa shape index (κ2) is 6.51. The van der Waals surface area contributed by atoms with E-state index in [1.165, 1.54) is 44.1 Å². The zero-order chi connectivity index (χ0) is 18.4. The smallest absolute Gasteiger partial charge is 0.251 e. The molecule has 140 valence electrons. The topological polar surface area (TPSA) is 29.1 Å². The van der Waals surface area contributed by atoms with Gasteiger partial charge >= 0.3 is 0 Å². The molecule has 0 spiro atoms. The van der Waals surface area contributed by atoms with Gasteiger partial charge in [0, 0.05) is 11.6 Å². The van der Waals surface area contributed by atoms with E-state index in [1.54, 1.807) is 0 Å². The van der Waals surface area contributed by atoms with E-state index in [-0.39, 0.29) is 11.9 Å². The molecule has 1 atom stereocenters. The molecule has 2 nitrogen and oxygen atoms in total. The molecule has 4 aliphatic rings. The first-order valence-electron chi connectivity index (χ1n) is 10.6. The van der Waals surface area contributed by atoms with Crippen LogP contribution in [-0.4, -0.2) is 11.9 Å². The Morgan fingerprint density at radius 3 is 1.93 bits per heavy atom. The van der Waals surface area contributed by atoms with Crippen LogP contribution in [0.25, 0.3) is 11.1 Å². The molecule has 4 fully saturated rings. The second-order valence-electron chi connectivity index (χ2n) is 9.42. The maximum absolute atomic E-state index is 12.9. The van der Waals surface area contributed by atoms with Crippen molar-refractivity contribution in [3.8, 4) is 11.1 Å². The molecule has 0 aliphatic heterocycles. The minimum atomic E-state index is 0.0813. The van der Waals surface area contributed by atoms with Crippen molar-refractivity contribution in [3.63, 3.8) is 0 Å². The third-order valence-corrected chi connectivity index (χ3v) is 7.61. The fourth-order valence-corrected chi connectivity index (χ4v) is 6.59. The Hall–Kier alpha value is -2.09. The van der Waals surface area contributed by atoms with Crippen LogP contribution >= 0.6 is 0 Å². The molecule has 1 N–H and O–H groups in total. The molecule has 2 aromatic carbocycles. The van der Waals surface area contributed by atoms with Crippen molar-refractivity contribution in [2.45, 2.75) is 51.5 Å². The number of carbonyl (C=O) groups excluding carboxylic acids is 1. The molecule has 1 amide bonds. The average molecular weight is 360 g/mol. The van der Waals surface area contributed by atoms with Crippen molar-refractivity contribution in [2.24, 2.45) is 23.2 Å².